The van der Waals surface area contributed by atoms with Crippen molar-refractivity contribution in [2.75, 3.05) is 16.6 Å². The second-order valence-corrected chi connectivity index (χ2v) is 8.00. The van der Waals surface area contributed by atoms with Crippen molar-refractivity contribution < 1.29 is 8.42 Å². The van der Waals surface area contributed by atoms with Gasteiger partial charge in [0.25, 0.3) is 10.0 Å². The molecule has 27 heavy (non-hydrogen) atoms. The first-order valence-corrected chi connectivity index (χ1v) is 10.1. The van der Waals surface area contributed by atoms with E-state index in [9.17, 15) is 8.42 Å². The molecule has 1 aromatic heterocycles. The molecule has 3 rings (SSSR count). The number of aryl methyl sites for hydroxylation is 2. The topological polar surface area (TPSA) is 84.0 Å². The van der Waals surface area contributed by atoms with Gasteiger partial charge in [-0.3, -0.25) is 4.72 Å². The summed E-state index contributed by atoms with van der Waals surface area (Å²) in [6.07, 6.45) is 0.865. The number of aromatic nitrogens is 2. The number of hydrogen-bond donors (Lipinski definition) is 2. The molecule has 0 saturated heterocycles. The molecule has 2 N–H and O–H groups in total. The molecule has 0 unspecified atom stereocenters. The maximum atomic E-state index is 12.5. The molecule has 0 bridgehead atoms. The Bertz CT molecular complexity index is 1000. The highest BCUT2D eigenvalue weighted by Gasteiger charge is 2.15. The van der Waals surface area contributed by atoms with Crippen LogP contribution in [0.5, 0.6) is 0 Å². The van der Waals surface area contributed by atoms with Crippen LogP contribution in [-0.4, -0.2) is 25.2 Å². The van der Waals surface area contributed by atoms with Crippen molar-refractivity contribution in [1.82, 2.24) is 10.2 Å². The lowest BCUT2D eigenvalue weighted by atomic mass is 10.1. The van der Waals surface area contributed by atoms with E-state index in [2.05, 4.69) is 32.4 Å². The van der Waals surface area contributed by atoms with Crippen molar-refractivity contribution >= 4 is 21.7 Å². The van der Waals surface area contributed by atoms with Gasteiger partial charge in [-0.15, -0.1) is 10.2 Å². The summed E-state index contributed by atoms with van der Waals surface area (Å²) in [6.45, 7) is 4.53. The van der Waals surface area contributed by atoms with Crippen LogP contribution in [0.15, 0.2) is 65.6 Å². The van der Waals surface area contributed by atoms with Gasteiger partial charge in [0.15, 0.2) is 5.82 Å². The summed E-state index contributed by atoms with van der Waals surface area (Å²) in [5, 5.41) is 11.2. The van der Waals surface area contributed by atoms with Crippen LogP contribution in [-0.2, 0) is 16.4 Å². The van der Waals surface area contributed by atoms with Gasteiger partial charge >= 0.3 is 0 Å². The number of anilines is 2. The van der Waals surface area contributed by atoms with Crippen LogP contribution in [0.1, 0.15) is 16.7 Å². The van der Waals surface area contributed by atoms with Gasteiger partial charge in [-0.25, -0.2) is 8.42 Å². The summed E-state index contributed by atoms with van der Waals surface area (Å²) in [5.41, 5.74) is 3.19. The van der Waals surface area contributed by atoms with Crippen molar-refractivity contribution in [2.24, 2.45) is 0 Å². The molecule has 0 saturated carbocycles. The van der Waals surface area contributed by atoms with E-state index < -0.39 is 10.0 Å². The first kappa shape index (κ1) is 18.8. The van der Waals surface area contributed by atoms with Crippen LogP contribution in [0.3, 0.4) is 0 Å². The number of nitrogens with one attached hydrogen (secondary N) is 2. The van der Waals surface area contributed by atoms with Gasteiger partial charge < -0.3 is 5.32 Å². The Hall–Kier alpha value is -2.93. The Morgan fingerprint density at radius 3 is 2.22 bits per heavy atom. The van der Waals surface area contributed by atoms with E-state index >= 15 is 0 Å². The van der Waals surface area contributed by atoms with Gasteiger partial charge in [-0.2, -0.15) is 0 Å². The highest BCUT2D eigenvalue weighted by Crippen LogP contribution is 2.18. The lowest BCUT2D eigenvalue weighted by molar-refractivity contribution is 0.601. The standard InChI is InChI=1S/C20H22N4O2S/c1-15-8-9-18(14-16(15)2)27(25,26)24-20-11-10-19(22-23-20)21-13-12-17-6-4-3-5-7-17/h3-11,14H,12-13H2,1-2H3,(H,21,22)(H,23,24). The molecule has 0 aliphatic heterocycles. The number of rotatable bonds is 7. The van der Waals surface area contributed by atoms with Gasteiger partial charge in [-0.1, -0.05) is 36.4 Å². The maximum Gasteiger partial charge on any atom is 0.263 e. The molecule has 0 aliphatic carbocycles. The van der Waals surface area contributed by atoms with Crippen molar-refractivity contribution in [3.8, 4) is 0 Å². The molecule has 0 atom stereocenters. The Kier molecular flexibility index (Phi) is 5.71. The van der Waals surface area contributed by atoms with E-state index in [0.717, 1.165) is 17.5 Å². The number of sulfonamides is 1. The van der Waals surface area contributed by atoms with Crippen LogP contribution in [0.25, 0.3) is 0 Å². The second kappa shape index (κ2) is 8.18. The third-order valence-electron chi connectivity index (χ3n) is 4.25. The Labute approximate surface area is 159 Å². The lowest BCUT2D eigenvalue weighted by Gasteiger charge is -2.09. The monoisotopic (exact) mass is 382 g/mol. The zero-order valence-electron chi connectivity index (χ0n) is 15.3. The molecule has 2 aromatic carbocycles. The van der Waals surface area contributed by atoms with Crippen molar-refractivity contribution in [3.63, 3.8) is 0 Å². The summed E-state index contributed by atoms with van der Waals surface area (Å²) < 4.78 is 27.4. The minimum Gasteiger partial charge on any atom is -0.368 e. The average molecular weight is 382 g/mol. The van der Waals surface area contributed by atoms with E-state index in [-0.39, 0.29) is 10.7 Å². The fraction of sp³-hybridized carbons (Fsp3) is 0.200. The summed E-state index contributed by atoms with van der Waals surface area (Å²) in [5.74, 6) is 0.780. The third-order valence-corrected chi connectivity index (χ3v) is 5.61. The SMILES string of the molecule is Cc1ccc(S(=O)(=O)Nc2ccc(NCCc3ccccc3)nn2)cc1C. The van der Waals surface area contributed by atoms with Crippen LogP contribution in [0.2, 0.25) is 0 Å². The minimum absolute atomic E-state index is 0.182. The molecule has 6 nitrogen and oxygen atoms in total. The molecule has 7 heteroatoms. The van der Waals surface area contributed by atoms with E-state index in [1.165, 1.54) is 5.56 Å². The minimum atomic E-state index is -3.69. The smallest absolute Gasteiger partial charge is 0.263 e. The van der Waals surface area contributed by atoms with Crippen molar-refractivity contribution in [1.29, 1.82) is 0 Å². The molecule has 0 aliphatic rings. The Morgan fingerprint density at radius 2 is 1.56 bits per heavy atom. The molecule has 140 valence electrons. The van der Waals surface area contributed by atoms with E-state index in [1.807, 2.05) is 32.0 Å². The summed E-state index contributed by atoms with van der Waals surface area (Å²) in [6, 6.07) is 18.4. The lowest BCUT2D eigenvalue weighted by Crippen LogP contribution is -2.15. The molecule has 0 spiro atoms. The van der Waals surface area contributed by atoms with E-state index in [0.29, 0.717) is 12.4 Å². The van der Waals surface area contributed by atoms with Crippen LogP contribution in [0, 0.1) is 13.8 Å². The Balaban J connectivity index is 1.60. The fourth-order valence-electron chi connectivity index (χ4n) is 2.54. The van der Waals surface area contributed by atoms with Gasteiger partial charge in [-0.05, 0) is 61.2 Å². The Morgan fingerprint density at radius 1 is 0.852 bits per heavy atom. The predicted molar refractivity (Wildman–Crippen MR) is 107 cm³/mol. The number of hydrogen-bond acceptors (Lipinski definition) is 5. The van der Waals surface area contributed by atoms with E-state index in [4.69, 9.17) is 0 Å². The quantitative estimate of drug-likeness (QED) is 0.653. The molecule has 0 fully saturated rings. The third kappa shape index (κ3) is 5.04. The second-order valence-electron chi connectivity index (χ2n) is 6.32. The molecule has 1 heterocycles. The highest BCUT2D eigenvalue weighted by atomic mass is 32.2. The number of benzene rings is 2. The zero-order chi connectivity index (χ0) is 19.3. The van der Waals surface area contributed by atoms with E-state index in [1.54, 1.807) is 30.3 Å². The van der Waals surface area contributed by atoms with Crippen LogP contribution in [0.4, 0.5) is 11.6 Å². The maximum absolute atomic E-state index is 12.5. The van der Waals surface area contributed by atoms with Crippen molar-refractivity contribution in [2.45, 2.75) is 25.2 Å². The zero-order valence-corrected chi connectivity index (χ0v) is 16.1. The van der Waals surface area contributed by atoms with Crippen LogP contribution >= 0.6 is 0 Å². The molecule has 0 amide bonds. The molecule has 3 aromatic rings. The van der Waals surface area contributed by atoms with Crippen LogP contribution < -0.4 is 10.0 Å². The van der Waals surface area contributed by atoms with Gasteiger partial charge in [0, 0.05) is 6.54 Å². The first-order chi connectivity index (χ1) is 12.9. The highest BCUT2D eigenvalue weighted by molar-refractivity contribution is 7.92. The largest absolute Gasteiger partial charge is 0.368 e. The van der Waals surface area contributed by atoms with Gasteiger partial charge in [0.1, 0.15) is 5.82 Å². The molecular formula is C20H22N4O2S. The normalized spacial score (nSPS) is 11.2. The van der Waals surface area contributed by atoms with Crippen molar-refractivity contribution in [3.05, 3.63) is 77.4 Å². The number of nitrogens with zero attached hydrogens (tertiary/aromatic N) is 2. The van der Waals surface area contributed by atoms with Gasteiger partial charge in [0.05, 0.1) is 4.90 Å². The molecule has 0 radical (unpaired) electrons. The fourth-order valence-corrected chi connectivity index (χ4v) is 3.62. The predicted octanol–water partition coefficient (Wildman–Crippen LogP) is 3.55. The summed E-state index contributed by atoms with van der Waals surface area (Å²) in [4.78, 5) is 0.206. The first-order valence-electron chi connectivity index (χ1n) is 8.66. The average Bonchev–Trinajstić information content (AvgIpc) is 2.66. The summed E-state index contributed by atoms with van der Waals surface area (Å²) >= 11 is 0. The molecular weight excluding hydrogens is 360 g/mol. The summed E-state index contributed by atoms with van der Waals surface area (Å²) in [7, 11) is -3.69. The van der Waals surface area contributed by atoms with Gasteiger partial charge in [0.2, 0.25) is 0 Å².